The van der Waals surface area contributed by atoms with Gasteiger partial charge in [0.2, 0.25) is 0 Å². The summed E-state index contributed by atoms with van der Waals surface area (Å²) in [7, 11) is 0. The average molecular weight is 300 g/mol. The molecule has 0 aliphatic heterocycles. The number of hydrogen-bond acceptors (Lipinski definition) is 3. The third-order valence-electron chi connectivity index (χ3n) is 4.30. The lowest BCUT2D eigenvalue weighted by atomic mass is 9.74. The second-order valence-corrected chi connectivity index (χ2v) is 7.47. The van der Waals surface area contributed by atoms with Crippen molar-refractivity contribution in [2.45, 2.75) is 68.7 Å². The van der Waals surface area contributed by atoms with Gasteiger partial charge >= 0.3 is 12.0 Å². The maximum atomic E-state index is 12.0. The number of aliphatic carboxylic acids is 1. The molecule has 6 heteroatoms. The monoisotopic (exact) mass is 300 g/mol. The fourth-order valence-corrected chi connectivity index (χ4v) is 4.30. The molecule has 2 fully saturated rings. The second-order valence-electron chi connectivity index (χ2n) is 5.89. The number of rotatable bonds is 6. The molecule has 114 valence electrons. The molecule has 2 atom stereocenters. The van der Waals surface area contributed by atoms with Gasteiger partial charge in [-0.3, -0.25) is 4.79 Å². The first kappa shape index (κ1) is 15.5. The Kier molecular flexibility index (Phi) is 5.18. The molecule has 0 aromatic heterocycles. The Morgan fingerprint density at radius 2 is 2.10 bits per heavy atom. The zero-order chi connectivity index (χ0) is 14.6. The molecule has 0 spiro atoms. The van der Waals surface area contributed by atoms with Crippen LogP contribution < -0.4 is 10.6 Å². The number of amides is 2. The molecule has 0 radical (unpaired) electrons. The Balaban J connectivity index is 1.76. The number of hydrogen-bond donors (Lipinski definition) is 3. The third kappa shape index (κ3) is 4.04. The van der Waals surface area contributed by atoms with Crippen molar-refractivity contribution >= 4 is 23.8 Å². The highest BCUT2D eigenvalue weighted by molar-refractivity contribution is 7.99. The minimum atomic E-state index is -0.842. The molecule has 3 N–H and O–H groups in total. The Morgan fingerprint density at radius 3 is 2.65 bits per heavy atom. The second kappa shape index (κ2) is 6.70. The zero-order valence-electron chi connectivity index (χ0n) is 12.0. The van der Waals surface area contributed by atoms with Crippen molar-refractivity contribution in [2.75, 3.05) is 5.75 Å². The van der Waals surface area contributed by atoms with E-state index < -0.39 is 11.5 Å². The molecule has 2 aliphatic rings. The molecule has 0 heterocycles. The Bertz CT molecular complexity index is 371. The van der Waals surface area contributed by atoms with Crippen molar-refractivity contribution in [3.63, 3.8) is 0 Å². The molecule has 0 bridgehead atoms. The highest BCUT2D eigenvalue weighted by Crippen LogP contribution is 2.35. The lowest BCUT2D eigenvalue weighted by molar-refractivity contribution is -0.139. The van der Waals surface area contributed by atoms with Gasteiger partial charge in [-0.1, -0.05) is 6.92 Å². The fraction of sp³-hybridized carbons (Fsp3) is 0.857. The minimum absolute atomic E-state index is 0.0272. The number of carboxylic acids is 1. The van der Waals surface area contributed by atoms with E-state index in [1.165, 1.54) is 0 Å². The summed E-state index contributed by atoms with van der Waals surface area (Å²) in [5.74, 6) is 0.274. The summed E-state index contributed by atoms with van der Waals surface area (Å²) >= 11 is 1.96. The van der Waals surface area contributed by atoms with E-state index in [-0.39, 0.29) is 18.5 Å². The standard InChI is InChI=1S/C14H24N2O3S/c1-2-20-11-5-4-10(8-11)15-13(19)16-14(6-3-7-14)9-12(17)18/h10-11H,2-9H2,1H3,(H,17,18)(H2,15,16,19). The number of urea groups is 1. The maximum Gasteiger partial charge on any atom is 0.315 e. The summed E-state index contributed by atoms with van der Waals surface area (Å²) in [6.45, 7) is 2.16. The van der Waals surface area contributed by atoms with Gasteiger partial charge in [0.25, 0.3) is 0 Å². The van der Waals surface area contributed by atoms with Gasteiger partial charge in [-0.2, -0.15) is 11.8 Å². The lowest BCUT2D eigenvalue weighted by Gasteiger charge is -2.41. The summed E-state index contributed by atoms with van der Waals surface area (Å²) < 4.78 is 0. The topological polar surface area (TPSA) is 78.4 Å². The SMILES string of the molecule is CCSC1CCC(NC(=O)NC2(CC(=O)O)CCC2)C1. The van der Waals surface area contributed by atoms with Crippen LogP contribution in [0.5, 0.6) is 0 Å². The van der Waals surface area contributed by atoms with E-state index in [9.17, 15) is 9.59 Å². The Labute approximate surface area is 124 Å². The molecular weight excluding hydrogens is 276 g/mol. The normalized spacial score (nSPS) is 27.6. The van der Waals surface area contributed by atoms with Gasteiger partial charge in [0.05, 0.1) is 12.0 Å². The van der Waals surface area contributed by atoms with Crippen molar-refractivity contribution in [1.29, 1.82) is 0 Å². The van der Waals surface area contributed by atoms with Crippen LogP contribution in [0.2, 0.25) is 0 Å². The van der Waals surface area contributed by atoms with Gasteiger partial charge in [-0.15, -0.1) is 0 Å². The summed E-state index contributed by atoms with van der Waals surface area (Å²) in [6.07, 6.45) is 5.77. The van der Waals surface area contributed by atoms with Gasteiger partial charge in [-0.25, -0.2) is 4.79 Å². The number of nitrogens with one attached hydrogen (secondary N) is 2. The van der Waals surface area contributed by atoms with E-state index in [1.54, 1.807) is 0 Å². The van der Waals surface area contributed by atoms with Crippen LogP contribution in [0.15, 0.2) is 0 Å². The van der Waals surface area contributed by atoms with Gasteiger partial charge in [-0.05, 0) is 44.3 Å². The predicted molar refractivity (Wildman–Crippen MR) is 80.1 cm³/mol. The molecule has 0 aromatic carbocycles. The van der Waals surface area contributed by atoms with Crippen LogP contribution in [0.4, 0.5) is 4.79 Å². The largest absolute Gasteiger partial charge is 0.481 e. The van der Waals surface area contributed by atoms with E-state index in [4.69, 9.17) is 5.11 Å². The highest BCUT2D eigenvalue weighted by Gasteiger charge is 2.40. The molecular formula is C14H24N2O3S. The zero-order valence-corrected chi connectivity index (χ0v) is 12.8. The van der Waals surface area contributed by atoms with Crippen LogP contribution in [0.1, 0.15) is 51.9 Å². The number of carboxylic acid groups (broad SMARTS) is 1. The number of carbonyl (C=O) groups is 2. The summed E-state index contributed by atoms with van der Waals surface area (Å²) in [4.78, 5) is 22.9. The molecule has 2 saturated carbocycles. The molecule has 2 rings (SSSR count). The van der Waals surface area contributed by atoms with Gasteiger partial charge < -0.3 is 15.7 Å². The number of carbonyl (C=O) groups excluding carboxylic acids is 1. The van der Waals surface area contributed by atoms with Crippen molar-refractivity contribution in [3.8, 4) is 0 Å². The van der Waals surface area contributed by atoms with Gasteiger partial charge in [0.1, 0.15) is 0 Å². The van der Waals surface area contributed by atoms with E-state index in [0.29, 0.717) is 5.25 Å². The van der Waals surface area contributed by atoms with Crippen molar-refractivity contribution in [2.24, 2.45) is 0 Å². The number of thioether (sulfide) groups is 1. The van der Waals surface area contributed by atoms with Crippen molar-refractivity contribution in [3.05, 3.63) is 0 Å². The average Bonchev–Trinajstić information content (AvgIpc) is 2.73. The van der Waals surface area contributed by atoms with Crippen LogP contribution in [0.25, 0.3) is 0 Å². The summed E-state index contributed by atoms with van der Waals surface area (Å²) in [6, 6.07) is 0.0408. The molecule has 5 nitrogen and oxygen atoms in total. The fourth-order valence-electron chi connectivity index (χ4n) is 3.16. The molecule has 2 unspecified atom stereocenters. The Morgan fingerprint density at radius 1 is 1.35 bits per heavy atom. The minimum Gasteiger partial charge on any atom is -0.481 e. The molecule has 2 amide bonds. The van der Waals surface area contributed by atoms with Gasteiger partial charge in [0.15, 0.2) is 0 Å². The third-order valence-corrected chi connectivity index (χ3v) is 5.53. The van der Waals surface area contributed by atoms with Crippen LogP contribution in [-0.4, -0.2) is 39.7 Å². The summed E-state index contributed by atoms with van der Waals surface area (Å²) in [5, 5.41) is 15.5. The highest BCUT2D eigenvalue weighted by atomic mass is 32.2. The molecule has 0 saturated heterocycles. The van der Waals surface area contributed by atoms with Crippen molar-refractivity contribution < 1.29 is 14.7 Å². The Hall–Kier alpha value is -0.910. The molecule has 20 heavy (non-hydrogen) atoms. The first-order valence-corrected chi connectivity index (χ1v) is 8.50. The first-order valence-electron chi connectivity index (χ1n) is 7.45. The van der Waals surface area contributed by atoms with Crippen LogP contribution in [0, 0.1) is 0 Å². The van der Waals surface area contributed by atoms with Crippen LogP contribution in [-0.2, 0) is 4.79 Å². The smallest absolute Gasteiger partial charge is 0.315 e. The van der Waals surface area contributed by atoms with E-state index >= 15 is 0 Å². The van der Waals surface area contributed by atoms with Crippen LogP contribution in [0.3, 0.4) is 0 Å². The first-order chi connectivity index (χ1) is 9.53. The maximum absolute atomic E-state index is 12.0. The quantitative estimate of drug-likeness (QED) is 0.703. The van der Waals surface area contributed by atoms with Crippen LogP contribution >= 0.6 is 11.8 Å². The molecule has 2 aliphatic carbocycles. The summed E-state index contributed by atoms with van der Waals surface area (Å²) in [5.41, 5.74) is -0.508. The lowest BCUT2D eigenvalue weighted by Crippen LogP contribution is -2.58. The van der Waals surface area contributed by atoms with E-state index in [1.807, 2.05) is 11.8 Å². The van der Waals surface area contributed by atoms with Gasteiger partial charge in [0, 0.05) is 11.3 Å². The van der Waals surface area contributed by atoms with Crippen molar-refractivity contribution in [1.82, 2.24) is 10.6 Å². The molecule has 0 aromatic rings. The van der Waals surface area contributed by atoms with E-state index in [2.05, 4.69) is 17.6 Å². The van der Waals surface area contributed by atoms with E-state index in [0.717, 1.165) is 44.3 Å². The predicted octanol–water partition coefficient (Wildman–Crippen LogP) is 2.36.